The standard InChI is InChI=1S/C32H37N7OSSi/c1-42(2,3)16-15-40-22-39(32-38-37-31(41-32)24-11-7-8-12-24)30-14-13-28-29(36-30)18-27(21-34-28)35-26-17-25(19-33-20-26)23-9-5-4-6-10-23/h4-6,9-10,13-14,17-21,24,35H,7-8,11-12,15-16,22H2,1-3H3. The molecule has 10 heteroatoms. The van der Waals surface area contributed by atoms with Crippen molar-refractivity contribution in [3.8, 4) is 11.1 Å². The number of nitrogens with one attached hydrogen (secondary N) is 1. The molecule has 0 saturated heterocycles. The smallest absolute Gasteiger partial charge is 0.215 e. The second kappa shape index (κ2) is 12.6. The number of pyridine rings is 3. The van der Waals surface area contributed by atoms with Crippen LogP contribution in [0.1, 0.15) is 36.6 Å². The van der Waals surface area contributed by atoms with Gasteiger partial charge in [0.2, 0.25) is 5.13 Å². The van der Waals surface area contributed by atoms with Gasteiger partial charge >= 0.3 is 0 Å². The van der Waals surface area contributed by atoms with E-state index in [2.05, 4.69) is 63.3 Å². The third-order valence-electron chi connectivity index (χ3n) is 7.52. The van der Waals surface area contributed by atoms with Crippen molar-refractivity contribution in [2.45, 2.75) is 57.3 Å². The molecule has 1 fully saturated rings. The Bertz CT molecular complexity index is 1630. The van der Waals surface area contributed by atoms with E-state index in [1.165, 1.54) is 25.7 Å². The van der Waals surface area contributed by atoms with E-state index >= 15 is 0 Å². The van der Waals surface area contributed by atoms with Crippen LogP contribution in [0.25, 0.3) is 22.2 Å². The number of ether oxygens (including phenoxy) is 1. The Labute approximate surface area is 252 Å². The van der Waals surface area contributed by atoms with E-state index in [0.29, 0.717) is 12.6 Å². The molecule has 1 saturated carbocycles. The predicted molar refractivity (Wildman–Crippen MR) is 175 cm³/mol. The van der Waals surface area contributed by atoms with Crippen LogP contribution in [-0.2, 0) is 4.74 Å². The summed E-state index contributed by atoms with van der Waals surface area (Å²) >= 11 is 1.66. The van der Waals surface area contributed by atoms with E-state index in [9.17, 15) is 0 Å². The molecule has 42 heavy (non-hydrogen) atoms. The zero-order chi connectivity index (χ0) is 28.9. The fourth-order valence-electron chi connectivity index (χ4n) is 5.10. The number of anilines is 4. The Balaban J connectivity index is 1.26. The molecule has 216 valence electrons. The normalized spacial score (nSPS) is 14.0. The minimum absolute atomic E-state index is 0.381. The van der Waals surface area contributed by atoms with Gasteiger partial charge in [0, 0.05) is 32.4 Å². The van der Waals surface area contributed by atoms with Gasteiger partial charge in [-0.2, -0.15) is 0 Å². The summed E-state index contributed by atoms with van der Waals surface area (Å²) in [5.41, 5.74) is 5.52. The lowest BCUT2D eigenvalue weighted by Gasteiger charge is -2.22. The monoisotopic (exact) mass is 595 g/mol. The zero-order valence-corrected chi connectivity index (χ0v) is 26.3. The first-order chi connectivity index (χ1) is 20.4. The number of fused-ring (bicyclic) bond motifs is 1. The highest BCUT2D eigenvalue weighted by Crippen LogP contribution is 2.38. The number of rotatable bonds is 11. The summed E-state index contributed by atoms with van der Waals surface area (Å²) in [5.74, 6) is 1.29. The molecule has 6 rings (SSSR count). The first kappa shape index (κ1) is 28.4. The van der Waals surface area contributed by atoms with Crippen molar-refractivity contribution in [1.29, 1.82) is 0 Å². The average Bonchev–Trinajstić information content (AvgIpc) is 3.70. The quantitative estimate of drug-likeness (QED) is 0.0925. The maximum atomic E-state index is 6.20. The average molecular weight is 596 g/mol. The van der Waals surface area contributed by atoms with Gasteiger partial charge in [0.1, 0.15) is 17.6 Å². The number of benzene rings is 1. The number of hydrogen-bond acceptors (Lipinski definition) is 9. The van der Waals surface area contributed by atoms with Crippen LogP contribution in [0.3, 0.4) is 0 Å². The molecular formula is C32H37N7OSSi. The van der Waals surface area contributed by atoms with E-state index in [4.69, 9.17) is 9.72 Å². The van der Waals surface area contributed by atoms with Crippen molar-refractivity contribution in [3.63, 3.8) is 0 Å². The first-order valence-corrected chi connectivity index (χ1v) is 19.2. The van der Waals surface area contributed by atoms with Crippen LogP contribution in [0, 0.1) is 0 Å². The van der Waals surface area contributed by atoms with Crippen LogP contribution < -0.4 is 10.2 Å². The van der Waals surface area contributed by atoms with Crippen molar-refractivity contribution in [2.24, 2.45) is 0 Å². The third kappa shape index (κ3) is 7.00. The minimum atomic E-state index is -1.20. The molecule has 1 aromatic carbocycles. The van der Waals surface area contributed by atoms with Gasteiger partial charge in [0.25, 0.3) is 0 Å². The van der Waals surface area contributed by atoms with Crippen LogP contribution in [0.2, 0.25) is 25.7 Å². The Morgan fingerprint density at radius 2 is 1.71 bits per heavy atom. The molecule has 4 heterocycles. The molecule has 0 spiro atoms. The summed E-state index contributed by atoms with van der Waals surface area (Å²) in [4.78, 5) is 16.2. The molecule has 0 unspecified atom stereocenters. The number of nitrogens with zero attached hydrogens (tertiary/aromatic N) is 6. The topological polar surface area (TPSA) is 89.0 Å². The largest absolute Gasteiger partial charge is 0.361 e. The Morgan fingerprint density at radius 1 is 0.905 bits per heavy atom. The fourth-order valence-corrected chi connectivity index (χ4v) is 6.87. The maximum Gasteiger partial charge on any atom is 0.215 e. The van der Waals surface area contributed by atoms with Crippen molar-refractivity contribution < 1.29 is 4.74 Å². The van der Waals surface area contributed by atoms with E-state index in [-0.39, 0.29) is 0 Å². The lowest BCUT2D eigenvalue weighted by atomic mass is 10.1. The van der Waals surface area contributed by atoms with Gasteiger partial charge in [-0.25, -0.2) is 4.98 Å². The third-order valence-corrected chi connectivity index (χ3v) is 10.3. The van der Waals surface area contributed by atoms with Crippen LogP contribution in [-0.4, -0.2) is 46.6 Å². The van der Waals surface area contributed by atoms with Crippen molar-refractivity contribution >= 4 is 52.8 Å². The van der Waals surface area contributed by atoms with Gasteiger partial charge in [-0.3, -0.25) is 14.9 Å². The molecular weight excluding hydrogens is 559 g/mol. The van der Waals surface area contributed by atoms with Gasteiger partial charge in [0.05, 0.1) is 34.8 Å². The summed E-state index contributed by atoms with van der Waals surface area (Å²) in [6, 6.07) is 19.5. The van der Waals surface area contributed by atoms with E-state index in [0.717, 1.165) is 62.1 Å². The van der Waals surface area contributed by atoms with E-state index in [1.54, 1.807) is 11.3 Å². The molecule has 4 aromatic heterocycles. The summed E-state index contributed by atoms with van der Waals surface area (Å²) in [5, 5.41) is 14.6. The molecule has 8 nitrogen and oxygen atoms in total. The molecule has 5 aromatic rings. The molecule has 0 bridgehead atoms. The van der Waals surface area contributed by atoms with Crippen molar-refractivity contribution in [3.05, 3.63) is 78.2 Å². The Morgan fingerprint density at radius 3 is 2.52 bits per heavy atom. The second-order valence-electron chi connectivity index (χ2n) is 12.1. The highest BCUT2D eigenvalue weighted by molar-refractivity contribution is 7.15. The molecule has 0 atom stereocenters. The van der Waals surface area contributed by atoms with Gasteiger partial charge in [-0.15, -0.1) is 10.2 Å². The minimum Gasteiger partial charge on any atom is -0.361 e. The van der Waals surface area contributed by atoms with Gasteiger partial charge in [-0.05, 0) is 48.7 Å². The molecule has 0 amide bonds. The lowest BCUT2D eigenvalue weighted by Crippen LogP contribution is -2.26. The van der Waals surface area contributed by atoms with Crippen LogP contribution in [0.15, 0.2) is 73.2 Å². The maximum absolute atomic E-state index is 6.20. The summed E-state index contributed by atoms with van der Waals surface area (Å²) in [6.45, 7) is 8.20. The summed E-state index contributed by atoms with van der Waals surface area (Å²) in [6.07, 6.45) is 10.4. The zero-order valence-electron chi connectivity index (χ0n) is 24.5. The first-order valence-electron chi connectivity index (χ1n) is 14.6. The molecule has 0 radical (unpaired) electrons. The summed E-state index contributed by atoms with van der Waals surface area (Å²) < 4.78 is 6.20. The van der Waals surface area contributed by atoms with Gasteiger partial charge in [0.15, 0.2) is 0 Å². The second-order valence-corrected chi connectivity index (χ2v) is 18.7. The van der Waals surface area contributed by atoms with Crippen molar-refractivity contribution in [2.75, 3.05) is 23.6 Å². The highest BCUT2D eigenvalue weighted by atomic mass is 32.1. The molecule has 1 N–H and O–H groups in total. The van der Waals surface area contributed by atoms with Crippen molar-refractivity contribution in [1.82, 2.24) is 25.1 Å². The predicted octanol–water partition coefficient (Wildman–Crippen LogP) is 8.39. The lowest BCUT2D eigenvalue weighted by molar-refractivity contribution is 0.153. The van der Waals surface area contributed by atoms with Crippen LogP contribution >= 0.6 is 11.3 Å². The molecule has 1 aliphatic carbocycles. The van der Waals surface area contributed by atoms with Crippen LogP contribution in [0.4, 0.5) is 22.3 Å². The molecule has 0 aliphatic heterocycles. The molecule has 1 aliphatic rings. The fraction of sp³-hybridized carbons (Fsp3) is 0.344. The number of hydrogen-bond donors (Lipinski definition) is 1. The Hall–Kier alpha value is -3.73. The highest BCUT2D eigenvalue weighted by Gasteiger charge is 2.24. The van der Waals surface area contributed by atoms with Gasteiger partial charge in [-0.1, -0.05) is 74.2 Å². The number of aromatic nitrogens is 5. The summed E-state index contributed by atoms with van der Waals surface area (Å²) in [7, 11) is -1.20. The van der Waals surface area contributed by atoms with E-state index < -0.39 is 8.07 Å². The Kier molecular flexibility index (Phi) is 8.55. The van der Waals surface area contributed by atoms with Crippen LogP contribution in [0.5, 0.6) is 0 Å². The van der Waals surface area contributed by atoms with E-state index in [1.807, 2.05) is 59.9 Å². The SMILES string of the molecule is C[Si](C)(C)CCOCN(c1ccc2ncc(Nc3cncc(-c4ccccc4)c3)cc2n1)c1nnc(C2CCCC2)s1. The van der Waals surface area contributed by atoms with Gasteiger partial charge < -0.3 is 10.1 Å².